The number of aliphatic hydroxyl groups is 1. The normalized spacial score (nSPS) is 18.9. The Morgan fingerprint density at radius 2 is 1.95 bits per heavy atom. The summed E-state index contributed by atoms with van der Waals surface area (Å²) >= 11 is 0. The summed E-state index contributed by atoms with van der Waals surface area (Å²) < 4.78 is 31.6. The van der Waals surface area contributed by atoms with Crippen LogP contribution in [0, 0.1) is 12.8 Å². The third kappa shape index (κ3) is 2.43. The van der Waals surface area contributed by atoms with Gasteiger partial charge in [0.05, 0.1) is 12.7 Å². The summed E-state index contributed by atoms with van der Waals surface area (Å²) in [5, 5.41) is 10.2. The van der Waals surface area contributed by atoms with Crippen molar-refractivity contribution >= 4 is 10.0 Å². The van der Waals surface area contributed by atoms with Gasteiger partial charge in [-0.05, 0) is 30.5 Å². The molecule has 1 aromatic carbocycles. The van der Waals surface area contributed by atoms with E-state index in [0.29, 0.717) is 5.75 Å². The highest BCUT2D eigenvalue weighted by molar-refractivity contribution is 7.89. The Kier molecular flexibility index (Phi) is 3.83. The Morgan fingerprint density at radius 3 is 2.45 bits per heavy atom. The third-order valence-electron chi connectivity index (χ3n) is 3.91. The molecule has 1 aliphatic rings. The second kappa shape index (κ2) is 5.02. The van der Waals surface area contributed by atoms with Crippen molar-refractivity contribution in [1.82, 2.24) is 4.31 Å². The molecule has 0 aliphatic carbocycles. The van der Waals surface area contributed by atoms with Crippen LogP contribution in [0.5, 0.6) is 5.75 Å². The summed E-state index contributed by atoms with van der Waals surface area (Å²) in [6, 6.07) is 5.05. The number of β-amino-alcohol motifs (C(OH)–C–C–N with tert-alkyl or cyclic N) is 1. The van der Waals surface area contributed by atoms with E-state index in [1.165, 1.54) is 11.4 Å². The van der Waals surface area contributed by atoms with Crippen molar-refractivity contribution < 1.29 is 18.3 Å². The van der Waals surface area contributed by atoms with Crippen molar-refractivity contribution in [3.63, 3.8) is 0 Å². The van der Waals surface area contributed by atoms with Crippen molar-refractivity contribution in [3.05, 3.63) is 23.8 Å². The summed E-state index contributed by atoms with van der Waals surface area (Å²) in [5.41, 5.74) is -0.0755. The second-order valence-corrected chi connectivity index (χ2v) is 7.59. The second-order valence-electron chi connectivity index (χ2n) is 5.69. The average molecular weight is 299 g/mol. The van der Waals surface area contributed by atoms with E-state index in [2.05, 4.69) is 0 Å². The smallest absolute Gasteiger partial charge is 0.246 e. The number of rotatable bonds is 4. The number of methoxy groups -OCH3 is 1. The molecule has 0 spiro atoms. The molecule has 1 N–H and O–H groups in total. The highest BCUT2D eigenvalue weighted by Crippen LogP contribution is 2.36. The Balaban J connectivity index is 2.32. The van der Waals surface area contributed by atoms with Crippen LogP contribution in [-0.4, -0.2) is 43.6 Å². The van der Waals surface area contributed by atoms with E-state index in [1.54, 1.807) is 18.2 Å². The van der Waals surface area contributed by atoms with Gasteiger partial charge in [-0.25, -0.2) is 8.42 Å². The Hall–Kier alpha value is -1.11. The fraction of sp³-hybridized carbons (Fsp3) is 0.571. The van der Waals surface area contributed by atoms with Crippen LogP contribution in [0.4, 0.5) is 0 Å². The maximum atomic E-state index is 12.6. The molecule has 0 radical (unpaired) electrons. The van der Waals surface area contributed by atoms with E-state index in [0.717, 1.165) is 5.56 Å². The molecule has 0 unspecified atom stereocenters. The number of nitrogens with zero attached hydrogens (tertiary/aromatic N) is 1. The highest BCUT2D eigenvalue weighted by atomic mass is 32.2. The first kappa shape index (κ1) is 15.3. The Morgan fingerprint density at radius 1 is 1.35 bits per heavy atom. The SMILES string of the molecule is COc1ccc(C)cc1S(=O)(=O)N1CC(O)(C(C)C)C1. The minimum absolute atomic E-state index is 0.0216. The van der Waals surface area contributed by atoms with E-state index in [9.17, 15) is 13.5 Å². The van der Waals surface area contributed by atoms with E-state index in [4.69, 9.17) is 4.74 Å². The minimum atomic E-state index is -3.62. The number of hydrogen-bond donors (Lipinski definition) is 1. The number of aryl methyl sites for hydroxylation is 1. The lowest BCUT2D eigenvalue weighted by Crippen LogP contribution is -2.65. The molecule has 0 atom stereocenters. The van der Waals surface area contributed by atoms with Gasteiger partial charge in [-0.15, -0.1) is 0 Å². The molecule has 5 nitrogen and oxygen atoms in total. The molecule has 0 saturated carbocycles. The maximum absolute atomic E-state index is 12.6. The van der Waals surface area contributed by atoms with Crippen LogP contribution in [0.25, 0.3) is 0 Å². The molecular weight excluding hydrogens is 278 g/mol. The van der Waals surface area contributed by atoms with E-state index < -0.39 is 15.6 Å². The van der Waals surface area contributed by atoms with E-state index in [1.807, 2.05) is 20.8 Å². The standard InChI is InChI=1S/C14H21NO4S/c1-10(2)14(16)8-15(9-14)20(17,18)13-7-11(3)5-6-12(13)19-4/h5-7,10,16H,8-9H2,1-4H3. The summed E-state index contributed by atoms with van der Waals surface area (Å²) in [6.07, 6.45) is 0. The molecule has 0 aromatic heterocycles. The van der Waals surface area contributed by atoms with Gasteiger partial charge < -0.3 is 9.84 Å². The molecular formula is C14H21NO4S. The predicted octanol–water partition coefficient (Wildman–Crippen LogP) is 1.40. The first-order chi connectivity index (χ1) is 9.20. The molecule has 112 valence electrons. The van der Waals surface area contributed by atoms with Crippen molar-refractivity contribution in [2.45, 2.75) is 31.3 Å². The molecule has 1 aromatic rings. The first-order valence-electron chi connectivity index (χ1n) is 6.58. The number of ether oxygens (including phenoxy) is 1. The van der Waals surface area contributed by atoms with Gasteiger partial charge in [-0.2, -0.15) is 4.31 Å². The monoisotopic (exact) mass is 299 g/mol. The molecule has 6 heteroatoms. The quantitative estimate of drug-likeness (QED) is 0.912. The first-order valence-corrected chi connectivity index (χ1v) is 8.02. The zero-order valence-corrected chi connectivity index (χ0v) is 13.1. The van der Waals surface area contributed by atoms with Crippen molar-refractivity contribution in [3.8, 4) is 5.75 Å². The molecule has 2 rings (SSSR count). The van der Waals surface area contributed by atoms with Crippen LogP contribution in [-0.2, 0) is 10.0 Å². The molecule has 20 heavy (non-hydrogen) atoms. The molecule has 0 amide bonds. The van der Waals surface area contributed by atoms with Crippen LogP contribution in [0.3, 0.4) is 0 Å². The van der Waals surface area contributed by atoms with Crippen LogP contribution < -0.4 is 4.74 Å². The van der Waals surface area contributed by atoms with E-state index >= 15 is 0 Å². The number of hydrogen-bond acceptors (Lipinski definition) is 4. The Labute approximate surface area is 120 Å². The maximum Gasteiger partial charge on any atom is 0.246 e. The summed E-state index contributed by atoms with van der Waals surface area (Å²) in [5.74, 6) is 0.351. The summed E-state index contributed by atoms with van der Waals surface area (Å²) in [7, 11) is -2.18. The van der Waals surface area contributed by atoms with Gasteiger partial charge in [0.1, 0.15) is 10.6 Å². The molecule has 1 aliphatic heterocycles. The third-order valence-corrected chi connectivity index (χ3v) is 5.72. The topological polar surface area (TPSA) is 66.8 Å². The van der Waals surface area contributed by atoms with Gasteiger partial charge in [-0.3, -0.25) is 0 Å². The van der Waals surface area contributed by atoms with Crippen LogP contribution in [0.15, 0.2) is 23.1 Å². The van der Waals surface area contributed by atoms with Gasteiger partial charge in [0.2, 0.25) is 10.0 Å². The summed E-state index contributed by atoms with van der Waals surface area (Å²) in [4.78, 5) is 0.158. The summed E-state index contributed by atoms with van der Waals surface area (Å²) in [6.45, 7) is 5.86. The van der Waals surface area contributed by atoms with Crippen molar-refractivity contribution in [1.29, 1.82) is 0 Å². The zero-order valence-electron chi connectivity index (χ0n) is 12.3. The molecule has 1 saturated heterocycles. The fourth-order valence-electron chi connectivity index (χ4n) is 2.22. The fourth-order valence-corrected chi connectivity index (χ4v) is 4.03. The van der Waals surface area contributed by atoms with Crippen LogP contribution in [0.1, 0.15) is 19.4 Å². The highest BCUT2D eigenvalue weighted by Gasteiger charge is 2.49. The Bertz CT molecular complexity index is 604. The van der Waals surface area contributed by atoms with Gasteiger partial charge in [-0.1, -0.05) is 19.9 Å². The van der Waals surface area contributed by atoms with Crippen LogP contribution in [0.2, 0.25) is 0 Å². The molecule has 1 fully saturated rings. The van der Waals surface area contributed by atoms with Crippen molar-refractivity contribution in [2.24, 2.45) is 5.92 Å². The predicted molar refractivity (Wildman–Crippen MR) is 76.3 cm³/mol. The van der Waals surface area contributed by atoms with E-state index in [-0.39, 0.29) is 23.9 Å². The minimum Gasteiger partial charge on any atom is -0.495 e. The zero-order chi connectivity index (χ0) is 15.1. The van der Waals surface area contributed by atoms with Gasteiger partial charge in [0.15, 0.2) is 0 Å². The largest absolute Gasteiger partial charge is 0.495 e. The van der Waals surface area contributed by atoms with Gasteiger partial charge >= 0.3 is 0 Å². The lowest BCUT2D eigenvalue weighted by molar-refractivity contribution is -0.0932. The van der Waals surface area contributed by atoms with Crippen LogP contribution >= 0.6 is 0 Å². The lowest BCUT2D eigenvalue weighted by atomic mass is 9.85. The molecule has 1 heterocycles. The van der Waals surface area contributed by atoms with Crippen molar-refractivity contribution in [2.75, 3.05) is 20.2 Å². The lowest BCUT2D eigenvalue weighted by Gasteiger charge is -2.47. The molecule has 0 bridgehead atoms. The van der Waals surface area contributed by atoms with Gasteiger partial charge in [0, 0.05) is 13.1 Å². The number of benzene rings is 1. The van der Waals surface area contributed by atoms with Gasteiger partial charge in [0.25, 0.3) is 0 Å². The number of sulfonamides is 1. The average Bonchev–Trinajstić information content (AvgIpc) is 2.34.